The normalized spacial score (nSPS) is 15.5. The summed E-state index contributed by atoms with van der Waals surface area (Å²) in [6, 6.07) is 9.09. The van der Waals surface area contributed by atoms with Crippen molar-refractivity contribution in [2.45, 2.75) is 25.2 Å². The van der Waals surface area contributed by atoms with Crippen LogP contribution in [0.3, 0.4) is 0 Å². The average molecular weight is 480 g/mol. The molecular weight excluding hydrogens is 460 g/mol. The van der Waals surface area contributed by atoms with Gasteiger partial charge in [0.25, 0.3) is 5.91 Å². The van der Waals surface area contributed by atoms with Crippen molar-refractivity contribution in [2.24, 2.45) is 0 Å². The van der Waals surface area contributed by atoms with Crippen LogP contribution in [0.4, 0.5) is 23.2 Å². The monoisotopic (exact) mass is 480 g/mol. The lowest BCUT2D eigenvalue weighted by atomic mass is 10.1. The molecule has 34 heavy (non-hydrogen) atoms. The molecule has 8 nitrogen and oxygen atoms in total. The fraction of sp³-hybridized carbons (Fsp3) is 0.318. The van der Waals surface area contributed by atoms with E-state index in [0.717, 1.165) is 11.3 Å². The summed E-state index contributed by atoms with van der Waals surface area (Å²) in [5.74, 6) is -3.22. The van der Waals surface area contributed by atoms with Gasteiger partial charge in [-0.15, -0.1) is 0 Å². The number of alkyl halides is 3. The van der Waals surface area contributed by atoms with E-state index >= 15 is 0 Å². The van der Waals surface area contributed by atoms with Crippen LogP contribution < -0.4 is 5.32 Å². The van der Waals surface area contributed by atoms with E-state index in [4.69, 9.17) is 14.6 Å². The zero-order valence-corrected chi connectivity index (χ0v) is 17.7. The summed E-state index contributed by atoms with van der Waals surface area (Å²) < 4.78 is 53.2. The van der Waals surface area contributed by atoms with Crippen molar-refractivity contribution >= 4 is 23.2 Å². The molecule has 1 aromatic carbocycles. The fourth-order valence-corrected chi connectivity index (χ4v) is 3.64. The Hall–Kier alpha value is -3.67. The highest BCUT2D eigenvalue weighted by atomic mass is 19.4. The highest BCUT2D eigenvalue weighted by Gasteiger charge is 2.38. The number of ether oxygens (including phenoxy) is 1. The summed E-state index contributed by atoms with van der Waals surface area (Å²) in [5.41, 5.74) is 3.41. The van der Waals surface area contributed by atoms with Gasteiger partial charge in [0, 0.05) is 43.2 Å². The summed E-state index contributed by atoms with van der Waals surface area (Å²) >= 11 is 0. The van der Waals surface area contributed by atoms with Gasteiger partial charge in [-0.05, 0) is 24.3 Å². The SMILES string of the molecule is O=C(O)C(F)(F)F.O=C1c2c(NC3COC3)ccc(F)c2CN1CCc1cn2ccccc2n1. The van der Waals surface area contributed by atoms with Crippen LogP contribution >= 0.6 is 0 Å². The van der Waals surface area contributed by atoms with E-state index in [9.17, 15) is 22.4 Å². The molecule has 5 rings (SSSR count). The van der Waals surface area contributed by atoms with Gasteiger partial charge in [0.05, 0.1) is 30.5 Å². The maximum Gasteiger partial charge on any atom is 0.490 e. The molecule has 12 heteroatoms. The first-order valence-corrected chi connectivity index (χ1v) is 10.3. The number of carboxylic acids is 1. The number of amides is 1. The Morgan fingerprint density at radius 1 is 1.24 bits per heavy atom. The minimum atomic E-state index is -5.08. The molecule has 180 valence electrons. The second-order valence-corrected chi connectivity index (χ2v) is 7.81. The van der Waals surface area contributed by atoms with Crippen molar-refractivity contribution < 1.29 is 37.0 Å². The van der Waals surface area contributed by atoms with Crippen molar-refractivity contribution in [1.29, 1.82) is 0 Å². The van der Waals surface area contributed by atoms with E-state index in [2.05, 4.69) is 10.3 Å². The van der Waals surface area contributed by atoms with Gasteiger partial charge in [-0.1, -0.05) is 6.07 Å². The first kappa shape index (κ1) is 23.5. The standard InChI is InChI=1S/C20H19FN4O2.C2HF3O2/c21-16-4-5-17(22-14-11-27-12-14)19-15(16)10-25(20(19)26)8-6-13-9-24-7-2-1-3-18(24)23-13;3-2(4,5)1(6)7/h1-5,7,9,14,22H,6,8,10-12H2;(H,6,7). The number of carbonyl (C=O) groups excluding carboxylic acids is 1. The fourth-order valence-electron chi connectivity index (χ4n) is 3.64. The quantitative estimate of drug-likeness (QED) is 0.545. The van der Waals surface area contributed by atoms with E-state index in [-0.39, 0.29) is 17.8 Å². The van der Waals surface area contributed by atoms with Crippen molar-refractivity contribution in [1.82, 2.24) is 14.3 Å². The highest BCUT2D eigenvalue weighted by molar-refractivity contribution is 6.03. The molecule has 0 atom stereocenters. The van der Waals surface area contributed by atoms with Gasteiger partial charge in [-0.3, -0.25) is 4.79 Å². The van der Waals surface area contributed by atoms with Gasteiger partial charge in [-0.25, -0.2) is 14.2 Å². The molecule has 0 unspecified atom stereocenters. The topological polar surface area (TPSA) is 96.2 Å². The number of fused-ring (bicyclic) bond motifs is 2. The molecule has 0 spiro atoms. The Kier molecular flexibility index (Phi) is 6.42. The van der Waals surface area contributed by atoms with Crippen LogP contribution in [0.25, 0.3) is 5.65 Å². The Labute approximate surface area is 190 Å². The number of anilines is 1. The molecule has 1 fully saturated rings. The number of carbonyl (C=O) groups is 2. The lowest BCUT2D eigenvalue weighted by molar-refractivity contribution is -0.192. The van der Waals surface area contributed by atoms with Crippen LogP contribution in [-0.2, 0) is 22.5 Å². The summed E-state index contributed by atoms with van der Waals surface area (Å²) in [5, 5.41) is 10.4. The molecule has 2 aliphatic rings. The van der Waals surface area contributed by atoms with E-state index < -0.39 is 12.1 Å². The second-order valence-electron chi connectivity index (χ2n) is 7.81. The molecule has 2 aromatic heterocycles. The van der Waals surface area contributed by atoms with Gasteiger partial charge in [0.1, 0.15) is 11.5 Å². The Balaban J connectivity index is 0.000000344. The minimum absolute atomic E-state index is 0.129. The number of benzene rings is 1. The smallest absolute Gasteiger partial charge is 0.475 e. The van der Waals surface area contributed by atoms with Gasteiger partial charge >= 0.3 is 12.1 Å². The molecule has 4 heterocycles. The lowest BCUT2D eigenvalue weighted by Crippen LogP contribution is -2.40. The number of nitrogens with zero attached hydrogens (tertiary/aromatic N) is 3. The first-order chi connectivity index (χ1) is 16.1. The van der Waals surface area contributed by atoms with Crippen LogP contribution in [0.1, 0.15) is 21.6 Å². The molecule has 1 saturated heterocycles. The Morgan fingerprint density at radius 2 is 1.97 bits per heavy atom. The van der Waals surface area contributed by atoms with Crippen molar-refractivity contribution in [3.8, 4) is 0 Å². The number of pyridine rings is 1. The lowest BCUT2D eigenvalue weighted by Gasteiger charge is -2.28. The van der Waals surface area contributed by atoms with E-state index in [1.165, 1.54) is 6.07 Å². The third kappa shape index (κ3) is 4.96. The summed E-state index contributed by atoms with van der Waals surface area (Å²) in [6.07, 6.45) is -0.546. The predicted molar refractivity (Wildman–Crippen MR) is 112 cm³/mol. The van der Waals surface area contributed by atoms with E-state index in [0.29, 0.717) is 49.5 Å². The zero-order valence-electron chi connectivity index (χ0n) is 17.7. The molecule has 0 bridgehead atoms. The Bertz CT molecular complexity index is 1190. The number of nitrogens with one attached hydrogen (secondary N) is 1. The van der Waals surface area contributed by atoms with Gasteiger partial charge in [0.15, 0.2) is 0 Å². The van der Waals surface area contributed by atoms with Gasteiger partial charge in [-0.2, -0.15) is 13.2 Å². The Morgan fingerprint density at radius 3 is 2.59 bits per heavy atom. The summed E-state index contributed by atoms with van der Waals surface area (Å²) in [4.78, 5) is 28.1. The number of rotatable bonds is 5. The maximum absolute atomic E-state index is 14.3. The minimum Gasteiger partial charge on any atom is -0.475 e. The molecule has 0 radical (unpaired) electrons. The molecule has 2 aliphatic heterocycles. The van der Waals surface area contributed by atoms with E-state index in [1.807, 2.05) is 35.0 Å². The molecule has 0 saturated carbocycles. The summed E-state index contributed by atoms with van der Waals surface area (Å²) in [6.45, 7) is 2.02. The van der Waals surface area contributed by atoms with Gasteiger partial charge < -0.3 is 24.5 Å². The van der Waals surface area contributed by atoms with Crippen LogP contribution in [-0.4, -0.2) is 63.2 Å². The largest absolute Gasteiger partial charge is 0.490 e. The third-order valence-corrected chi connectivity index (χ3v) is 5.40. The van der Waals surface area contributed by atoms with Crippen LogP contribution in [0, 0.1) is 5.82 Å². The third-order valence-electron chi connectivity index (χ3n) is 5.40. The number of aromatic nitrogens is 2. The molecular formula is C22H20F4N4O4. The molecule has 2 N–H and O–H groups in total. The number of halogens is 4. The zero-order chi connectivity index (χ0) is 24.5. The maximum atomic E-state index is 14.3. The molecule has 1 amide bonds. The van der Waals surface area contributed by atoms with E-state index in [1.54, 1.807) is 11.0 Å². The molecule has 0 aliphatic carbocycles. The van der Waals surface area contributed by atoms with Gasteiger partial charge in [0.2, 0.25) is 0 Å². The predicted octanol–water partition coefficient (Wildman–Crippen LogP) is 3.12. The number of carboxylic acid groups (broad SMARTS) is 1. The number of hydrogen-bond acceptors (Lipinski definition) is 5. The van der Waals surface area contributed by atoms with Crippen LogP contribution in [0.15, 0.2) is 42.7 Å². The van der Waals surface area contributed by atoms with Crippen LogP contribution in [0.2, 0.25) is 0 Å². The molecule has 3 aromatic rings. The van der Waals surface area contributed by atoms with Crippen molar-refractivity contribution in [3.63, 3.8) is 0 Å². The number of aliphatic carboxylic acids is 1. The number of hydrogen-bond donors (Lipinski definition) is 2. The van der Waals surface area contributed by atoms with Crippen molar-refractivity contribution in [3.05, 3.63) is 65.4 Å². The van der Waals surface area contributed by atoms with Crippen molar-refractivity contribution in [2.75, 3.05) is 25.1 Å². The van der Waals surface area contributed by atoms with Crippen LogP contribution in [0.5, 0.6) is 0 Å². The average Bonchev–Trinajstić information content (AvgIpc) is 3.32. The second kappa shape index (κ2) is 9.29. The number of imidazole rings is 1. The summed E-state index contributed by atoms with van der Waals surface area (Å²) in [7, 11) is 0. The highest BCUT2D eigenvalue weighted by Crippen LogP contribution is 2.32. The first-order valence-electron chi connectivity index (χ1n) is 10.3.